The van der Waals surface area contributed by atoms with Crippen molar-refractivity contribution in [1.82, 2.24) is 15.0 Å². The molecule has 0 atom stereocenters. The molecule has 108 valence electrons. The van der Waals surface area contributed by atoms with Crippen molar-refractivity contribution in [2.24, 2.45) is 0 Å². The molecule has 0 radical (unpaired) electrons. The van der Waals surface area contributed by atoms with E-state index < -0.39 is 10.0 Å². The van der Waals surface area contributed by atoms with E-state index in [4.69, 9.17) is 0 Å². The third-order valence-electron chi connectivity index (χ3n) is 2.75. The molecule has 2 N–H and O–H groups in total. The van der Waals surface area contributed by atoms with Gasteiger partial charge in [-0.2, -0.15) is 0 Å². The highest BCUT2D eigenvalue weighted by Crippen LogP contribution is 2.18. The molecule has 0 unspecified atom stereocenters. The highest BCUT2D eigenvalue weighted by molar-refractivity contribution is 7.89. The Morgan fingerprint density at radius 3 is 2.75 bits per heavy atom. The Morgan fingerprint density at radius 1 is 1.30 bits per heavy atom. The summed E-state index contributed by atoms with van der Waals surface area (Å²) in [5, 5.41) is 4.67. The first-order valence-corrected chi connectivity index (χ1v) is 8.58. The zero-order valence-corrected chi connectivity index (χ0v) is 12.8. The smallest absolute Gasteiger partial charge is 0.241 e. The number of sulfonamides is 1. The SMILES string of the molecule is CNCc1cc(S(=O)(=O)NCCc2ccncc2)cs1. The molecule has 0 fully saturated rings. The monoisotopic (exact) mass is 311 g/mol. The number of thiophene rings is 1. The molecule has 0 aliphatic rings. The van der Waals surface area contributed by atoms with E-state index in [1.165, 1.54) is 11.3 Å². The van der Waals surface area contributed by atoms with Crippen LogP contribution in [-0.4, -0.2) is 27.0 Å². The molecule has 20 heavy (non-hydrogen) atoms. The summed E-state index contributed by atoms with van der Waals surface area (Å²) in [4.78, 5) is 5.26. The lowest BCUT2D eigenvalue weighted by atomic mass is 10.2. The van der Waals surface area contributed by atoms with Gasteiger partial charge in [-0.25, -0.2) is 13.1 Å². The summed E-state index contributed by atoms with van der Waals surface area (Å²) in [7, 11) is -1.58. The standard InChI is InChI=1S/C13H17N3O2S2/c1-14-9-12-8-13(10-19-12)20(17,18)16-7-4-11-2-5-15-6-3-11/h2-3,5-6,8,10,14,16H,4,7,9H2,1H3. The fraction of sp³-hybridized carbons (Fsp3) is 0.308. The summed E-state index contributed by atoms with van der Waals surface area (Å²) < 4.78 is 26.8. The molecule has 0 aliphatic heterocycles. The Labute approximate surface area is 123 Å². The van der Waals surface area contributed by atoms with Crippen molar-refractivity contribution in [2.45, 2.75) is 17.9 Å². The highest BCUT2D eigenvalue weighted by atomic mass is 32.2. The second-order valence-corrected chi connectivity index (χ2v) is 7.05. The zero-order chi connectivity index (χ0) is 14.4. The number of aromatic nitrogens is 1. The number of nitrogens with zero attached hydrogens (tertiary/aromatic N) is 1. The van der Waals surface area contributed by atoms with Gasteiger partial charge in [-0.15, -0.1) is 11.3 Å². The fourth-order valence-electron chi connectivity index (χ4n) is 1.73. The zero-order valence-electron chi connectivity index (χ0n) is 11.2. The first-order chi connectivity index (χ1) is 9.62. The van der Waals surface area contributed by atoms with Crippen molar-refractivity contribution in [2.75, 3.05) is 13.6 Å². The van der Waals surface area contributed by atoms with Crippen molar-refractivity contribution < 1.29 is 8.42 Å². The predicted octanol–water partition coefficient (Wildman–Crippen LogP) is 1.38. The maximum Gasteiger partial charge on any atom is 0.241 e. The summed E-state index contributed by atoms with van der Waals surface area (Å²) in [6, 6.07) is 5.46. The van der Waals surface area contributed by atoms with Gasteiger partial charge in [0.05, 0.1) is 4.90 Å². The summed E-state index contributed by atoms with van der Waals surface area (Å²) in [6.45, 7) is 1.06. The minimum absolute atomic E-state index is 0.336. The van der Waals surface area contributed by atoms with Crippen molar-refractivity contribution in [3.05, 3.63) is 46.4 Å². The quantitative estimate of drug-likeness (QED) is 0.810. The van der Waals surface area contributed by atoms with Crippen LogP contribution in [0.25, 0.3) is 0 Å². The number of hydrogen-bond donors (Lipinski definition) is 2. The number of pyridine rings is 1. The van der Waals surface area contributed by atoms with E-state index in [2.05, 4.69) is 15.0 Å². The van der Waals surface area contributed by atoms with Crippen molar-refractivity contribution in [3.8, 4) is 0 Å². The average Bonchev–Trinajstić information content (AvgIpc) is 2.90. The van der Waals surface area contributed by atoms with Gasteiger partial charge in [-0.05, 0) is 37.2 Å². The van der Waals surface area contributed by atoms with Crippen molar-refractivity contribution in [1.29, 1.82) is 0 Å². The summed E-state index contributed by atoms with van der Waals surface area (Å²) in [6.07, 6.45) is 4.05. The minimum Gasteiger partial charge on any atom is -0.315 e. The van der Waals surface area contributed by atoms with Gasteiger partial charge in [0, 0.05) is 35.7 Å². The van der Waals surface area contributed by atoms with Crippen LogP contribution in [0.3, 0.4) is 0 Å². The van der Waals surface area contributed by atoms with Gasteiger partial charge in [0.15, 0.2) is 0 Å². The van der Waals surface area contributed by atoms with Crippen molar-refractivity contribution in [3.63, 3.8) is 0 Å². The molecule has 0 aromatic carbocycles. The van der Waals surface area contributed by atoms with Crippen LogP contribution in [0.15, 0.2) is 40.9 Å². The molecule has 0 saturated carbocycles. The fourth-order valence-corrected chi connectivity index (χ4v) is 4.05. The molecular weight excluding hydrogens is 294 g/mol. The lowest BCUT2D eigenvalue weighted by Crippen LogP contribution is -2.25. The third-order valence-corrected chi connectivity index (χ3v) is 5.27. The normalized spacial score (nSPS) is 11.7. The van der Waals surface area contributed by atoms with Gasteiger partial charge in [0.25, 0.3) is 0 Å². The Hall–Kier alpha value is -1.28. The molecular formula is C13H17N3O2S2. The van der Waals surface area contributed by atoms with Crippen LogP contribution in [-0.2, 0) is 23.0 Å². The number of nitrogens with one attached hydrogen (secondary N) is 2. The number of rotatable bonds is 7. The molecule has 0 amide bonds. The molecule has 0 spiro atoms. The summed E-state index contributed by atoms with van der Waals surface area (Å²) in [5.41, 5.74) is 1.06. The van der Waals surface area contributed by atoms with E-state index in [1.54, 1.807) is 23.8 Å². The van der Waals surface area contributed by atoms with E-state index in [0.717, 1.165) is 10.4 Å². The molecule has 5 nitrogen and oxygen atoms in total. The molecule has 0 saturated heterocycles. The summed E-state index contributed by atoms with van der Waals surface area (Å²) in [5.74, 6) is 0. The van der Waals surface area contributed by atoms with Crippen LogP contribution in [0.4, 0.5) is 0 Å². The van der Waals surface area contributed by atoms with Gasteiger partial charge in [0.1, 0.15) is 0 Å². The van der Waals surface area contributed by atoms with Crippen molar-refractivity contribution >= 4 is 21.4 Å². The Kier molecular flexibility index (Phi) is 5.24. The van der Waals surface area contributed by atoms with Gasteiger partial charge >= 0.3 is 0 Å². The largest absolute Gasteiger partial charge is 0.315 e. The highest BCUT2D eigenvalue weighted by Gasteiger charge is 2.15. The van der Waals surface area contributed by atoms with Gasteiger partial charge in [0.2, 0.25) is 10.0 Å². The Morgan fingerprint density at radius 2 is 2.05 bits per heavy atom. The summed E-state index contributed by atoms with van der Waals surface area (Å²) >= 11 is 1.44. The topological polar surface area (TPSA) is 71.1 Å². The Bertz CT molecular complexity index is 639. The predicted molar refractivity (Wildman–Crippen MR) is 80.2 cm³/mol. The van der Waals surface area contributed by atoms with Gasteiger partial charge in [-0.3, -0.25) is 4.98 Å². The first kappa shape index (κ1) is 15.1. The van der Waals surface area contributed by atoms with E-state index >= 15 is 0 Å². The second kappa shape index (κ2) is 6.94. The average molecular weight is 311 g/mol. The maximum absolute atomic E-state index is 12.1. The van der Waals surface area contributed by atoms with Crippen LogP contribution < -0.4 is 10.0 Å². The molecule has 7 heteroatoms. The molecule has 0 bridgehead atoms. The lowest BCUT2D eigenvalue weighted by Gasteiger charge is -2.04. The minimum atomic E-state index is -3.41. The van der Waals surface area contributed by atoms with E-state index in [1.807, 2.05) is 19.2 Å². The molecule has 2 heterocycles. The number of hydrogen-bond acceptors (Lipinski definition) is 5. The van der Waals surface area contributed by atoms with Crippen LogP contribution in [0.2, 0.25) is 0 Å². The lowest BCUT2D eigenvalue weighted by molar-refractivity contribution is 0.582. The third kappa shape index (κ3) is 4.11. The van der Waals surface area contributed by atoms with Crippen LogP contribution in [0.5, 0.6) is 0 Å². The van der Waals surface area contributed by atoms with Crippen LogP contribution in [0, 0.1) is 0 Å². The molecule has 2 rings (SSSR count). The van der Waals surface area contributed by atoms with Crippen LogP contribution in [0.1, 0.15) is 10.4 Å². The molecule has 2 aromatic rings. The Balaban J connectivity index is 1.93. The molecule has 2 aromatic heterocycles. The maximum atomic E-state index is 12.1. The van der Waals surface area contributed by atoms with E-state index in [9.17, 15) is 8.42 Å². The first-order valence-electron chi connectivity index (χ1n) is 6.22. The van der Waals surface area contributed by atoms with E-state index in [-0.39, 0.29) is 0 Å². The van der Waals surface area contributed by atoms with Gasteiger partial charge in [-0.1, -0.05) is 0 Å². The van der Waals surface area contributed by atoms with Crippen LogP contribution >= 0.6 is 11.3 Å². The van der Waals surface area contributed by atoms with E-state index in [0.29, 0.717) is 24.4 Å². The molecule has 0 aliphatic carbocycles. The van der Waals surface area contributed by atoms with Gasteiger partial charge < -0.3 is 5.32 Å². The second-order valence-electron chi connectivity index (χ2n) is 4.28.